The number of rotatable bonds is 4. The van der Waals surface area contributed by atoms with Gasteiger partial charge < -0.3 is 14.5 Å². The second-order valence-electron chi connectivity index (χ2n) is 7.10. The lowest BCUT2D eigenvalue weighted by atomic mass is 9.76. The zero-order valence-electron chi connectivity index (χ0n) is 13.3. The van der Waals surface area contributed by atoms with E-state index in [0.717, 1.165) is 25.8 Å². The molecule has 2 heterocycles. The molecule has 124 valence electrons. The number of nitrogens with zero attached hydrogens (tertiary/aromatic N) is 2. The van der Waals surface area contributed by atoms with E-state index in [1.165, 1.54) is 0 Å². The number of amides is 2. The number of halogens is 1. The van der Waals surface area contributed by atoms with Crippen molar-refractivity contribution in [3.8, 4) is 0 Å². The van der Waals surface area contributed by atoms with Crippen molar-refractivity contribution in [2.75, 3.05) is 39.9 Å². The van der Waals surface area contributed by atoms with Gasteiger partial charge in [-0.1, -0.05) is 0 Å². The number of carbonyl (C=O) groups excluding carboxylic acids is 2. The fraction of sp³-hybridized carbons (Fsp3) is 0.875. The SMILES string of the molecule is COCCN1CC2(CCN(C(=O)C3(F)CCC3)CC2)CC1=O. The van der Waals surface area contributed by atoms with E-state index in [9.17, 15) is 14.0 Å². The lowest BCUT2D eigenvalue weighted by Gasteiger charge is -2.43. The van der Waals surface area contributed by atoms with Gasteiger partial charge in [-0.05, 0) is 32.1 Å². The molecule has 0 aromatic carbocycles. The summed E-state index contributed by atoms with van der Waals surface area (Å²) in [6, 6.07) is 0. The van der Waals surface area contributed by atoms with Gasteiger partial charge in [-0.15, -0.1) is 0 Å². The first kappa shape index (κ1) is 15.7. The molecular weight excluding hydrogens is 287 g/mol. The van der Waals surface area contributed by atoms with Crippen LogP contribution in [-0.4, -0.2) is 67.2 Å². The van der Waals surface area contributed by atoms with E-state index >= 15 is 0 Å². The zero-order valence-corrected chi connectivity index (χ0v) is 13.3. The lowest BCUT2D eigenvalue weighted by molar-refractivity contribution is -0.152. The van der Waals surface area contributed by atoms with Crippen LogP contribution in [0, 0.1) is 5.41 Å². The van der Waals surface area contributed by atoms with Crippen molar-refractivity contribution >= 4 is 11.8 Å². The minimum atomic E-state index is -1.60. The molecule has 3 aliphatic rings. The van der Waals surface area contributed by atoms with Gasteiger partial charge in [-0.2, -0.15) is 0 Å². The number of carbonyl (C=O) groups is 2. The molecule has 0 bridgehead atoms. The van der Waals surface area contributed by atoms with Crippen molar-refractivity contribution in [3.05, 3.63) is 0 Å². The van der Waals surface area contributed by atoms with Gasteiger partial charge >= 0.3 is 0 Å². The van der Waals surface area contributed by atoms with Gasteiger partial charge in [0.25, 0.3) is 5.91 Å². The van der Waals surface area contributed by atoms with Crippen LogP contribution in [-0.2, 0) is 14.3 Å². The Hall–Kier alpha value is -1.17. The monoisotopic (exact) mass is 312 g/mol. The van der Waals surface area contributed by atoms with Crippen LogP contribution in [0.25, 0.3) is 0 Å². The summed E-state index contributed by atoms with van der Waals surface area (Å²) in [5, 5.41) is 0. The van der Waals surface area contributed by atoms with E-state index in [-0.39, 0.29) is 17.2 Å². The Balaban J connectivity index is 1.55. The second-order valence-corrected chi connectivity index (χ2v) is 7.10. The fourth-order valence-corrected chi connectivity index (χ4v) is 3.89. The highest BCUT2D eigenvalue weighted by atomic mass is 19.1. The van der Waals surface area contributed by atoms with Crippen LogP contribution in [0.2, 0.25) is 0 Å². The van der Waals surface area contributed by atoms with Crippen LogP contribution < -0.4 is 0 Å². The van der Waals surface area contributed by atoms with Crippen LogP contribution >= 0.6 is 0 Å². The number of likely N-dealkylation sites (tertiary alicyclic amines) is 2. The molecule has 5 nitrogen and oxygen atoms in total. The molecule has 0 radical (unpaired) electrons. The molecular formula is C16H25FN2O3. The quantitative estimate of drug-likeness (QED) is 0.788. The van der Waals surface area contributed by atoms with Crippen LogP contribution in [0.4, 0.5) is 4.39 Å². The molecule has 6 heteroatoms. The number of alkyl halides is 1. The molecule has 0 N–H and O–H groups in total. The van der Waals surface area contributed by atoms with Crippen molar-refractivity contribution in [1.82, 2.24) is 9.80 Å². The molecule has 0 unspecified atom stereocenters. The topological polar surface area (TPSA) is 49.9 Å². The summed E-state index contributed by atoms with van der Waals surface area (Å²) in [5.74, 6) is -0.146. The average Bonchev–Trinajstić information content (AvgIpc) is 2.78. The van der Waals surface area contributed by atoms with Gasteiger partial charge in [0.1, 0.15) is 0 Å². The third-order valence-corrected chi connectivity index (χ3v) is 5.61. The van der Waals surface area contributed by atoms with Gasteiger partial charge in [0.05, 0.1) is 6.61 Å². The summed E-state index contributed by atoms with van der Waals surface area (Å²) in [4.78, 5) is 27.9. The molecule has 22 heavy (non-hydrogen) atoms. The molecule has 0 aromatic rings. The smallest absolute Gasteiger partial charge is 0.260 e. The number of hydrogen-bond acceptors (Lipinski definition) is 3. The molecule has 3 rings (SSSR count). The van der Waals surface area contributed by atoms with Crippen LogP contribution in [0.5, 0.6) is 0 Å². The number of ether oxygens (including phenoxy) is 1. The Kier molecular flexibility index (Phi) is 4.14. The van der Waals surface area contributed by atoms with E-state index in [1.807, 2.05) is 4.90 Å². The summed E-state index contributed by atoms with van der Waals surface area (Å²) >= 11 is 0. The molecule has 0 atom stereocenters. The summed E-state index contributed by atoms with van der Waals surface area (Å²) < 4.78 is 19.3. The minimum absolute atomic E-state index is 0.0231. The predicted octanol–water partition coefficient (Wildman–Crippen LogP) is 1.37. The molecule has 3 fully saturated rings. The average molecular weight is 312 g/mol. The van der Waals surface area contributed by atoms with Crippen molar-refractivity contribution in [3.63, 3.8) is 0 Å². The minimum Gasteiger partial charge on any atom is -0.383 e. The zero-order chi connectivity index (χ0) is 15.8. The van der Waals surface area contributed by atoms with Gasteiger partial charge in [-0.25, -0.2) is 4.39 Å². The summed E-state index contributed by atoms with van der Waals surface area (Å²) in [7, 11) is 1.63. The van der Waals surface area contributed by atoms with E-state index in [2.05, 4.69) is 0 Å². The standard InChI is InChI=1S/C16H25FN2O3/c1-22-10-9-19-12-15(11-13(19)20)5-7-18(8-6-15)14(21)16(17)3-2-4-16/h2-12H2,1H3. The van der Waals surface area contributed by atoms with E-state index in [0.29, 0.717) is 45.5 Å². The first-order chi connectivity index (χ1) is 10.5. The van der Waals surface area contributed by atoms with Gasteiger partial charge in [0.15, 0.2) is 5.67 Å². The fourth-order valence-electron chi connectivity index (χ4n) is 3.89. The Labute approximate surface area is 130 Å². The second kappa shape index (κ2) is 5.80. The molecule has 2 saturated heterocycles. The maximum atomic E-state index is 14.2. The molecule has 1 spiro atoms. The van der Waals surface area contributed by atoms with E-state index in [4.69, 9.17) is 4.74 Å². The third kappa shape index (κ3) is 2.73. The Morgan fingerprint density at radius 1 is 1.27 bits per heavy atom. The Bertz CT molecular complexity index is 456. The van der Waals surface area contributed by atoms with Gasteiger partial charge in [-0.3, -0.25) is 9.59 Å². The lowest BCUT2D eigenvalue weighted by Crippen LogP contribution is -2.54. The summed E-state index contributed by atoms with van der Waals surface area (Å²) in [6.07, 6.45) is 3.70. The van der Waals surface area contributed by atoms with Crippen LogP contribution in [0.15, 0.2) is 0 Å². The highest BCUT2D eigenvalue weighted by Crippen LogP contribution is 2.43. The van der Waals surface area contributed by atoms with Crippen molar-refractivity contribution in [2.45, 2.75) is 44.2 Å². The Morgan fingerprint density at radius 3 is 2.50 bits per heavy atom. The van der Waals surface area contributed by atoms with Crippen LogP contribution in [0.3, 0.4) is 0 Å². The maximum Gasteiger partial charge on any atom is 0.260 e. The van der Waals surface area contributed by atoms with Gasteiger partial charge in [0.2, 0.25) is 5.91 Å². The normalized spacial score (nSPS) is 26.4. The van der Waals surface area contributed by atoms with E-state index in [1.54, 1.807) is 12.0 Å². The largest absolute Gasteiger partial charge is 0.383 e. The molecule has 2 aliphatic heterocycles. The number of methoxy groups -OCH3 is 1. The number of hydrogen-bond donors (Lipinski definition) is 0. The number of piperidine rings is 1. The van der Waals surface area contributed by atoms with Crippen molar-refractivity contribution in [2.24, 2.45) is 5.41 Å². The van der Waals surface area contributed by atoms with Crippen LogP contribution in [0.1, 0.15) is 38.5 Å². The molecule has 1 aliphatic carbocycles. The Morgan fingerprint density at radius 2 is 1.95 bits per heavy atom. The first-order valence-electron chi connectivity index (χ1n) is 8.23. The first-order valence-corrected chi connectivity index (χ1v) is 8.23. The highest BCUT2D eigenvalue weighted by Gasteiger charge is 2.50. The summed E-state index contributed by atoms with van der Waals surface area (Å²) in [6.45, 7) is 3.09. The third-order valence-electron chi connectivity index (χ3n) is 5.61. The highest BCUT2D eigenvalue weighted by molar-refractivity contribution is 5.86. The molecule has 2 amide bonds. The summed E-state index contributed by atoms with van der Waals surface area (Å²) in [5.41, 5.74) is -1.62. The van der Waals surface area contributed by atoms with Gasteiger partial charge in [0, 0.05) is 45.1 Å². The van der Waals surface area contributed by atoms with E-state index < -0.39 is 5.67 Å². The van der Waals surface area contributed by atoms with Crippen molar-refractivity contribution in [1.29, 1.82) is 0 Å². The predicted molar refractivity (Wildman–Crippen MR) is 79.0 cm³/mol. The molecule has 1 saturated carbocycles. The maximum absolute atomic E-state index is 14.2. The molecule has 0 aromatic heterocycles. The van der Waals surface area contributed by atoms with Crippen molar-refractivity contribution < 1.29 is 18.7 Å².